The molecule has 0 aromatic heterocycles. The van der Waals surface area contributed by atoms with Gasteiger partial charge in [0.2, 0.25) is 0 Å². The molecule has 1 aliphatic rings. The van der Waals surface area contributed by atoms with Crippen molar-refractivity contribution in [3.63, 3.8) is 0 Å². The predicted molar refractivity (Wildman–Crippen MR) is 150 cm³/mol. The van der Waals surface area contributed by atoms with E-state index in [1.54, 1.807) is 18.2 Å². The number of ether oxygens (including phenoxy) is 2. The predicted octanol–water partition coefficient (Wildman–Crippen LogP) is 6.33. The maximum atomic E-state index is 13.4. The third kappa shape index (κ3) is 5.65. The second kappa shape index (κ2) is 11.2. The minimum absolute atomic E-state index is 0.164. The van der Waals surface area contributed by atoms with Gasteiger partial charge in [-0.05, 0) is 103 Å². The van der Waals surface area contributed by atoms with Crippen LogP contribution in [0.15, 0.2) is 58.6 Å². The van der Waals surface area contributed by atoms with Crippen LogP contribution in [0.2, 0.25) is 0 Å². The minimum atomic E-state index is -0.782. The first-order chi connectivity index (χ1) is 18.1. The fraction of sp³-hybridized carbons (Fsp3) is 0.233. The smallest absolute Gasteiger partial charge is 0.335 e. The van der Waals surface area contributed by atoms with Gasteiger partial charge in [0.15, 0.2) is 11.5 Å². The molecule has 38 heavy (non-hydrogen) atoms. The normalized spacial score (nSPS) is 14.6. The van der Waals surface area contributed by atoms with Crippen molar-refractivity contribution in [3.05, 3.63) is 92.0 Å². The third-order valence-electron chi connectivity index (χ3n) is 6.29. The van der Waals surface area contributed by atoms with Gasteiger partial charge in [0.05, 0.1) is 16.8 Å². The molecule has 1 N–H and O–H groups in total. The molecule has 0 bridgehead atoms. The SMILES string of the molecule is CCOc1cc(/C=C2\C(=O)NC(=O)N(c3ccc(C)cc3C)C2=O)cc(Br)c1OCc1ccc(C)c(C)c1. The maximum Gasteiger partial charge on any atom is 0.335 e. The van der Waals surface area contributed by atoms with Crippen LogP contribution in [0.25, 0.3) is 6.08 Å². The van der Waals surface area contributed by atoms with E-state index in [2.05, 4.69) is 47.2 Å². The molecule has 196 valence electrons. The van der Waals surface area contributed by atoms with Crippen LogP contribution in [0.4, 0.5) is 10.5 Å². The molecule has 1 fully saturated rings. The van der Waals surface area contributed by atoms with Gasteiger partial charge in [0.25, 0.3) is 11.8 Å². The van der Waals surface area contributed by atoms with Gasteiger partial charge >= 0.3 is 6.03 Å². The zero-order valence-corrected chi connectivity index (χ0v) is 23.6. The lowest BCUT2D eigenvalue weighted by atomic mass is 10.0. The van der Waals surface area contributed by atoms with Crippen LogP contribution in [0.3, 0.4) is 0 Å². The van der Waals surface area contributed by atoms with Crippen molar-refractivity contribution in [1.29, 1.82) is 0 Å². The van der Waals surface area contributed by atoms with Crippen LogP contribution in [0, 0.1) is 27.7 Å². The number of imide groups is 2. The first-order valence-electron chi connectivity index (χ1n) is 12.2. The van der Waals surface area contributed by atoms with Crippen LogP contribution < -0.4 is 19.7 Å². The summed E-state index contributed by atoms with van der Waals surface area (Å²) < 4.78 is 12.5. The highest BCUT2D eigenvalue weighted by molar-refractivity contribution is 9.10. The Kier molecular flexibility index (Phi) is 8.02. The van der Waals surface area contributed by atoms with Gasteiger partial charge in [0.1, 0.15) is 12.2 Å². The number of rotatable bonds is 7. The number of anilines is 1. The van der Waals surface area contributed by atoms with E-state index in [1.807, 2.05) is 39.0 Å². The Bertz CT molecular complexity index is 1480. The lowest BCUT2D eigenvalue weighted by Crippen LogP contribution is -2.54. The molecule has 0 saturated carbocycles. The van der Waals surface area contributed by atoms with E-state index < -0.39 is 17.8 Å². The van der Waals surface area contributed by atoms with Crippen molar-refractivity contribution in [2.24, 2.45) is 0 Å². The minimum Gasteiger partial charge on any atom is -0.490 e. The van der Waals surface area contributed by atoms with Crippen LogP contribution in [0.1, 0.15) is 40.3 Å². The first-order valence-corrected chi connectivity index (χ1v) is 13.0. The van der Waals surface area contributed by atoms with Crippen molar-refractivity contribution >= 4 is 45.5 Å². The summed E-state index contributed by atoms with van der Waals surface area (Å²) in [6.45, 7) is 10.4. The van der Waals surface area contributed by atoms with E-state index in [-0.39, 0.29) is 5.57 Å². The number of hydrogen-bond donors (Lipinski definition) is 1. The molecule has 0 atom stereocenters. The summed E-state index contributed by atoms with van der Waals surface area (Å²) in [6, 6.07) is 14.2. The van der Waals surface area contributed by atoms with E-state index in [0.717, 1.165) is 21.6 Å². The number of carbonyl (C=O) groups excluding carboxylic acids is 3. The molecule has 0 radical (unpaired) electrons. The molecule has 8 heteroatoms. The van der Waals surface area contributed by atoms with Gasteiger partial charge in [0, 0.05) is 0 Å². The zero-order chi connectivity index (χ0) is 27.6. The average Bonchev–Trinajstić information content (AvgIpc) is 2.85. The van der Waals surface area contributed by atoms with Gasteiger partial charge in [-0.3, -0.25) is 14.9 Å². The summed E-state index contributed by atoms with van der Waals surface area (Å²) in [5.74, 6) is -0.484. The zero-order valence-electron chi connectivity index (χ0n) is 22.0. The van der Waals surface area contributed by atoms with Crippen molar-refractivity contribution < 1.29 is 23.9 Å². The van der Waals surface area contributed by atoms with Crippen molar-refractivity contribution in [3.8, 4) is 11.5 Å². The van der Waals surface area contributed by atoms with Crippen molar-refractivity contribution in [2.45, 2.75) is 41.2 Å². The molecule has 7 nitrogen and oxygen atoms in total. The second-order valence-corrected chi connectivity index (χ2v) is 10.1. The maximum absolute atomic E-state index is 13.4. The molecule has 1 aliphatic heterocycles. The summed E-state index contributed by atoms with van der Waals surface area (Å²) in [7, 11) is 0. The molecule has 1 heterocycles. The fourth-order valence-electron chi connectivity index (χ4n) is 4.22. The molecule has 4 rings (SSSR count). The fourth-order valence-corrected chi connectivity index (χ4v) is 4.80. The summed E-state index contributed by atoms with van der Waals surface area (Å²) in [6.07, 6.45) is 1.45. The topological polar surface area (TPSA) is 84.9 Å². The Morgan fingerprint density at radius 3 is 2.34 bits per heavy atom. The van der Waals surface area contributed by atoms with Gasteiger partial charge < -0.3 is 9.47 Å². The van der Waals surface area contributed by atoms with E-state index >= 15 is 0 Å². The average molecular weight is 577 g/mol. The summed E-state index contributed by atoms with van der Waals surface area (Å²) in [5, 5.41) is 2.27. The molecule has 3 aromatic rings. The highest BCUT2D eigenvalue weighted by Crippen LogP contribution is 2.38. The monoisotopic (exact) mass is 576 g/mol. The van der Waals surface area contributed by atoms with Crippen molar-refractivity contribution in [2.75, 3.05) is 11.5 Å². The number of nitrogens with zero attached hydrogens (tertiary/aromatic N) is 1. The number of aryl methyl sites for hydroxylation is 4. The first kappa shape index (κ1) is 27.1. The van der Waals surface area contributed by atoms with Crippen LogP contribution in [-0.4, -0.2) is 24.5 Å². The number of barbiturate groups is 1. The molecule has 1 saturated heterocycles. The lowest BCUT2D eigenvalue weighted by Gasteiger charge is -2.27. The molecule has 4 amide bonds. The molecule has 0 aliphatic carbocycles. The van der Waals surface area contributed by atoms with Crippen LogP contribution >= 0.6 is 15.9 Å². The molecular formula is C30H29BrN2O5. The van der Waals surface area contributed by atoms with E-state index in [9.17, 15) is 14.4 Å². The third-order valence-corrected chi connectivity index (χ3v) is 6.88. The number of nitrogens with one attached hydrogen (secondary N) is 1. The second-order valence-electron chi connectivity index (χ2n) is 9.22. The Labute approximate surface area is 230 Å². The largest absolute Gasteiger partial charge is 0.490 e. The number of halogens is 1. The number of carbonyl (C=O) groups is 3. The van der Waals surface area contributed by atoms with E-state index in [4.69, 9.17) is 9.47 Å². The van der Waals surface area contributed by atoms with Gasteiger partial charge in [-0.2, -0.15) is 0 Å². The van der Waals surface area contributed by atoms with Gasteiger partial charge in [-0.25, -0.2) is 9.69 Å². The Morgan fingerprint density at radius 1 is 0.895 bits per heavy atom. The number of urea groups is 1. The standard InChI is InChI=1S/C30H29BrN2O5/c1-6-37-26-15-22(14-24(31)27(26)38-16-21-9-8-18(3)19(4)12-21)13-23-28(34)32-30(36)33(29(23)35)25-10-7-17(2)11-20(25)5/h7-15H,6,16H2,1-5H3,(H,32,34,36)/b23-13+. The Hall–Kier alpha value is -3.91. The van der Waals surface area contributed by atoms with Gasteiger partial charge in [-0.1, -0.05) is 35.9 Å². The summed E-state index contributed by atoms with van der Waals surface area (Å²) >= 11 is 3.55. The lowest BCUT2D eigenvalue weighted by molar-refractivity contribution is -0.122. The summed E-state index contributed by atoms with van der Waals surface area (Å²) in [5.41, 5.74) is 5.94. The van der Waals surface area contributed by atoms with E-state index in [1.165, 1.54) is 17.2 Å². The Balaban J connectivity index is 1.67. The summed E-state index contributed by atoms with van der Waals surface area (Å²) in [4.78, 5) is 39.7. The molecule has 0 unspecified atom stereocenters. The van der Waals surface area contributed by atoms with E-state index in [0.29, 0.717) is 40.4 Å². The van der Waals surface area contributed by atoms with Crippen LogP contribution in [0.5, 0.6) is 11.5 Å². The highest BCUT2D eigenvalue weighted by Gasteiger charge is 2.37. The highest BCUT2D eigenvalue weighted by atomic mass is 79.9. The number of amides is 4. The van der Waals surface area contributed by atoms with Crippen LogP contribution in [-0.2, 0) is 16.2 Å². The quantitative estimate of drug-likeness (QED) is 0.262. The molecular weight excluding hydrogens is 548 g/mol. The van der Waals surface area contributed by atoms with Crippen molar-refractivity contribution in [1.82, 2.24) is 5.32 Å². The Morgan fingerprint density at radius 2 is 1.66 bits per heavy atom. The van der Waals surface area contributed by atoms with Gasteiger partial charge in [-0.15, -0.1) is 0 Å². The molecule has 0 spiro atoms. The molecule has 3 aromatic carbocycles. The number of benzene rings is 3. The number of hydrogen-bond acceptors (Lipinski definition) is 5.